The van der Waals surface area contributed by atoms with Gasteiger partial charge in [-0.25, -0.2) is 4.98 Å². The Balaban J connectivity index is 1.26. The number of hydrogen-bond acceptors (Lipinski definition) is 8. The third kappa shape index (κ3) is 6.06. The predicted octanol–water partition coefficient (Wildman–Crippen LogP) is 4.80. The molecular formula is C35H40N6O5. The van der Waals surface area contributed by atoms with E-state index in [0.29, 0.717) is 78.9 Å². The molecule has 11 heteroatoms. The standard InChI is InChI=1S/C35H40N6O5/c1-5-24(43)8-7-15-46-31-10-6-9-30(38-31)37-27-16-23(20-39(4)33(27)44)25-11-12-36-32(26(25)21-42)41-14-13-40-28(34(41)45)17-22-18-35(2,3)19-29(22)40/h6,9-12,16-17,20,42H,5,7-8,13-15,18-19,21H2,1-4H3,(H,37,38). The van der Waals surface area contributed by atoms with Gasteiger partial charge in [-0.1, -0.05) is 26.8 Å². The molecule has 0 atom stereocenters. The molecule has 5 heterocycles. The van der Waals surface area contributed by atoms with Gasteiger partial charge in [0, 0.05) is 68.3 Å². The Hall–Kier alpha value is -4.77. The first-order chi connectivity index (χ1) is 22.1. The quantitative estimate of drug-likeness (QED) is 0.228. The molecule has 1 aliphatic carbocycles. The second-order valence-electron chi connectivity index (χ2n) is 12.8. The number of aryl methyl sites for hydroxylation is 1. The predicted molar refractivity (Wildman–Crippen MR) is 176 cm³/mol. The van der Waals surface area contributed by atoms with Crippen molar-refractivity contribution in [2.75, 3.05) is 23.4 Å². The van der Waals surface area contributed by atoms with Crippen molar-refractivity contribution in [3.63, 3.8) is 0 Å². The van der Waals surface area contributed by atoms with Crippen molar-refractivity contribution in [1.29, 1.82) is 0 Å². The van der Waals surface area contributed by atoms with E-state index in [1.165, 1.54) is 15.8 Å². The fourth-order valence-electron chi connectivity index (χ4n) is 6.53. The van der Waals surface area contributed by atoms with Crippen LogP contribution in [0.25, 0.3) is 11.1 Å². The smallest absolute Gasteiger partial charge is 0.276 e. The first kappa shape index (κ1) is 31.2. The van der Waals surface area contributed by atoms with Crippen LogP contribution >= 0.6 is 0 Å². The van der Waals surface area contributed by atoms with Gasteiger partial charge in [0.05, 0.1) is 13.2 Å². The molecule has 2 N–H and O–H groups in total. The van der Waals surface area contributed by atoms with Gasteiger partial charge in [0.15, 0.2) is 0 Å². The van der Waals surface area contributed by atoms with E-state index in [0.717, 1.165) is 12.8 Å². The van der Waals surface area contributed by atoms with Crippen molar-refractivity contribution in [2.24, 2.45) is 12.5 Å². The number of aliphatic hydroxyl groups excluding tert-OH is 1. The van der Waals surface area contributed by atoms with E-state index in [2.05, 4.69) is 33.7 Å². The lowest BCUT2D eigenvalue weighted by Crippen LogP contribution is -2.41. The number of ether oxygens (including phenoxy) is 1. The molecule has 1 aliphatic heterocycles. The molecule has 4 aromatic rings. The van der Waals surface area contributed by atoms with E-state index in [9.17, 15) is 19.5 Å². The van der Waals surface area contributed by atoms with Crippen molar-refractivity contribution in [3.8, 4) is 17.0 Å². The summed E-state index contributed by atoms with van der Waals surface area (Å²) in [5, 5.41) is 13.7. The van der Waals surface area contributed by atoms with Crippen LogP contribution in [0.4, 0.5) is 17.3 Å². The lowest BCUT2D eigenvalue weighted by atomic mass is 9.90. The number of rotatable bonds is 11. The monoisotopic (exact) mass is 624 g/mol. The summed E-state index contributed by atoms with van der Waals surface area (Å²) in [4.78, 5) is 49.2. The molecule has 2 aliphatic rings. The van der Waals surface area contributed by atoms with Crippen LogP contribution in [-0.4, -0.2) is 49.1 Å². The van der Waals surface area contributed by atoms with Crippen LogP contribution in [-0.2, 0) is 37.8 Å². The van der Waals surface area contributed by atoms with Gasteiger partial charge in [-0.2, -0.15) is 4.98 Å². The number of anilines is 3. The maximum atomic E-state index is 13.8. The van der Waals surface area contributed by atoms with Gasteiger partial charge in [0.25, 0.3) is 11.5 Å². The number of nitrogens with one attached hydrogen (secondary N) is 1. The molecule has 4 aromatic heterocycles. The maximum Gasteiger partial charge on any atom is 0.276 e. The minimum absolute atomic E-state index is 0.134. The van der Waals surface area contributed by atoms with Crippen LogP contribution in [0.15, 0.2) is 53.6 Å². The fraction of sp³-hybridized carbons (Fsp3) is 0.400. The number of aromatic nitrogens is 4. The molecule has 6 rings (SSSR count). The third-order valence-corrected chi connectivity index (χ3v) is 8.80. The zero-order chi connectivity index (χ0) is 32.6. The molecule has 0 radical (unpaired) electrons. The second kappa shape index (κ2) is 12.6. The van der Waals surface area contributed by atoms with E-state index in [-0.39, 0.29) is 35.0 Å². The number of Topliss-reactive ketones (excluding diaryl/α,β-unsaturated/α-hetero) is 1. The van der Waals surface area contributed by atoms with Crippen LogP contribution in [0.5, 0.6) is 5.88 Å². The Morgan fingerprint density at radius 2 is 1.96 bits per heavy atom. The number of carbonyl (C=O) groups excluding carboxylic acids is 2. The minimum atomic E-state index is -0.343. The summed E-state index contributed by atoms with van der Waals surface area (Å²) < 4.78 is 9.34. The highest BCUT2D eigenvalue weighted by atomic mass is 16.5. The van der Waals surface area contributed by atoms with E-state index >= 15 is 0 Å². The molecule has 0 bridgehead atoms. The molecule has 0 spiro atoms. The molecule has 0 saturated carbocycles. The van der Waals surface area contributed by atoms with Gasteiger partial charge in [-0.3, -0.25) is 19.3 Å². The van der Waals surface area contributed by atoms with E-state index < -0.39 is 0 Å². The second-order valence-corrected chi connectivity index (χ2v) is 12.8. The summed E-state index contributed by atoms with van der Waals surface area (Å²) in [6.45, 7) is 7.47. The highest BCUT2D eigenvalue weighted by molar-refractivity contribution is 6.06. The Kier molecular flexibility index (Phi) is 8.52. The van der Waals surface area contributed by atoms with Gasteiger partial charge in [-0.15, -0.1) is 0 Å². The number of hydrogen-bond donors (Lipinski definition) is 2. The zero-order valence-electron chi connectivity index (χ0n) is 26.8. The lowest BCUT2D eigenvalue weighted by molar-refractivity contribution is -0.119. The van der Waals surface area contributed by atoms with Gasteiger partial charge in [0.1, 0.15) is 28.8 Å². The van der Waals surface area contributed by atoms with Crippen LogP contribution in [0, 0.1) is 5.41 Å². The molecule has 240 valence electrons. The maximum absolute atomic E-state index is 13.8. The summed E-state index contributed by atoms with van der Waals surface area (Å²) in [5.41, 5.74) is 5.18. The topological polar surface area (TPSA) is 132 Å². The average molecular weight is 625 g/mol. The molecule has 0 saturated heterocycles. The average Bonchev–Trinajstić information content (AvgIpc) is 3.53. The summed E-state index contributed by atoms with van der Waals surface area (Å²) in [5.74, 6) is 1.28. The highest BCUT2D eigenvalue weighted by Gasteiger charge is 2.37. The van der Waals surface area contributed by atoms with Gasteiger partial charge in [-0.05, 0) is 60.1 Å². The lowest BCUT2D eigenvalue weighted by Gasteiger charge is -2.31. The molecule has 46 heavy (non-hydrogen) atoms. The molecule has 11 nitrogen and oxygen atoms in total. The van der Waals surface area contributed by atoms with Gasteiger partial charge in [0.2, 0.25) is 5.88 Å². The summed E-state index contributed by atoms with van der Waals surface area (Å²) in [6.07, 6.45) is 6.80. The molecule has 1 amide bonds. The van der Waals surface area contributed by atoms with E-state index in [4.69, 9.17) is 4.74 Å². The van der Waals surface area contributed by atoms with Crippen molar-refractivity contribution in [2.45, 2.75) is 66.0 Å². The van der Waals surface area contributed by atoms with Crippen LogP contribution in [0.2, 0.25) is 0 Å². The molecule has 0 aromatic carbocycles. The number of pyridine rings is 3. The number of carbonyl (C=O) groups is 2. The van der Waals surface area contributed by atoms with Crippen LogP contribution in [0.3, 0.4) is 0 Å². The Bertz CT molecular complexity index is 1870. The third-order valence-electron chi connectivity index (χ3n) is 8.80. The number of aliphatic hydroxyl groups is 1. The van der Waals surface area contributed by atoms with Crippen molar-refractivity contribution in [3.05, 3.63) is 81.7 Å². The zero-order valence-corrected chi connectivity index (χ0v) is 26.8. The molecular weight excluding hydrogens is 584 g/mol. The number of ketones is 1. The Morgan fingerprint density at radius 3 is 2.74 bits per heavy atom. The normalized spacial score (nSPS) is 15.1. The first-order valence-corrected chi connectivity index (χ1v) is 15.8. The molecule has 0 unspecified atom stereocenters. The fourth-order valence-corrected chi connectivity index (χ4v) is 6.53. The van der Waals surface area contributed by atoms with Crippen molar-refractivity contribution in [1.82, 2.24) is 19.1 Å². The first-order valence-electron chi connectivity index (χ1n) is 15.8. The van der Waals surface area contributed by atoms with Gasteiger partial charge < -0.3 is 24.3 Å². The number of nitrogens with zero attached hydrogens (tertiary/aromatic N) is 5. The number of fused-ring (bicyclic) bond motifs is 3. The van der Waals surface area contributed by atoms with E-state index in [1.807, 2.05) is 13.0 Å². The van der Waals surface area contributed by atoms with E-state index in [1.54, 1.807) is 54.7 Å². The molecule has 0 fully saturated rings. The summed E-state index contributed by atoms with van der Waals surface area (Å²) >= 11 is 0. The summed E-state index contributed by atoms with van der Waals surface area (Å²) in [6, 6.07) is 10.7. The Morgan fingerprint density at radius 1 is 1.13 bits per heavy atom. The number of amides is 1. The van der Waals surface area contributed by atoms with Crippen molar-refractivity contribution < 1.29 is 19.4 Å². The SMILES string of the molecule is CCC(=O)CCCOc1cccc(Nc2cc(-c3ccnc(N4CCn5c(cc6c5CC(C)(C)C6)C4=O)c3CO)cn(C)c2=O)n1. The van der Waals surface area contributed by atoms with Crippen LogP contribution in [0.1, 0.15) is 67.3 Å². The highest BCUT2D eigenvalue weighted by Crippen LogP contribution is 2.40. The minimum Gasteiger partial charge on any atom is -0.478 e. The van der Waals surface area contributed by atoms with Crippen LogP contribution < -0.4 is 20.5 Å². The summed E-state index contributed by atoms with van der Waals surface area (Å²) in [7, 11) is 1.66. The van der Waals surface area contributed by atoms with Crippen molar-refractivity contribution >= 4 is 29.0 Å². The van der Waals surface area contributed by atoms with Gasteiger partial charge >= 0.3 is 0 Å². The Labute approximate surface area is 267 Å². The largest absolute Gasteiger partial charge is 0.478 e.